The zero-order valence-corrected chi connectivity index (χ0v) is 14.0. The number of nitrogens with zero attached hydrogens (tertiary/aromatic N) is 1. The summed E-state index contributed by atoms with van der Waals surface area (Å²) in [5, 5.41) is 6.66. The number of thiazole rings is 1. The van der Waals surface area contributed by atoms with Crippen molar-refractivity contribution in [2.24, 2.45) is 11.8 Å². The Morgan fingerprint density at radius 2 is 2.24 bits per heavy atom. The van der Waals surface area contributed by atoms with Gasteiger partial charge in [-0.1, -0.05) is 26.7 Å². The lowest BCUT2D eigenvalue weighted by Gasteiger charge is -2.34. The molecular formula is C16H26N2O2S. The van der Waals surface area contributed by atoms with Gasteiger partial charge in [-0.3, -0.25) is 4.79 Å². The molecule has 0 amide bonds. The van der Waals surface area contributed by atoms with Gasteiger partial charge < -0.3 is 10.1 Å². The summed E-state index contributed by atoms with van der Waals surface area (Å²) in [5.74, 6) is 1.27. The van der Waals surface area contributed by atoms with Crippen molar-refractivity contribution in [1.82, 2.24) is 4.98 Å². The van der Waals surface area contributed by atoms with Crippen molar-refractivity contribution in [3.05, 3.63) is 11.1 Å². The highest BCUT2D eigenvalue weighted by Gasteiger charge is 2.27. The lowest BCUT2D eigenvalue weighted by Crippen LogP contribution is -2.35. The summed E-state index contributed by atoms with van der Waals surface area (Å²) in [4.78, 5) is 15.8. The number of hydrogen-bond acceptors (Lipinski definition) is 5. The molecule has 1 aromatic rings. The molecule has 0 saturated heterocycles. The summed E-state index contributed by atoms with van der Waals surface area (Å²) < 4.78 is 4.66. The molecule has 0 bridgehead atoms. The number of carbonyl (C=O) groups excluding carboxylic acids is 1. The van der Waals surface area contributed by atoms with Crippen LogP contribution in [0.15, 0.2) is 5.38 Å². The molecule has 21 heavy (non-hydrogen) atoms. The van der Waals surface area contributed by atoms with Crippen LogP contribution in [0, 0.1) is 11.8 Å². The van der Waals surface area contributed by atoms with Gasteiger partial charge in [0.25, 0.3) is 0 Å². The minimum Gasteiger partial charge on any atom is -0.469 e. The number of methoxy groups -OCH3 is 1. The zero-order valence-electron chi connectivity index (χ0n) is 13.2. The molecule has 0 aromatic carbocycles. The summed E-state index contributed by atoms with van der Waals surface area (Å²) in [7, 11) is 1.42. The zero-order chi connectivity index (χ0) is 15.2. The Bertz CT molecular complexity index is 459. The largest absolute Gasteiger partial charge is 0.469 e. The van der Waals surface area contributed by atoms with Crippen LogP contribution in [-0.2, 0) is 16.0 Å². The van der Waals surface area contributed by atoms with Gasteiger partial charge in [0.15, 0.2) is 5.13 Å². The molecule has 1 fully saturated rings. The van der Waals surface area contributed by atoms with Crippen LogP contribution in [0.2, 0.25) is 0 Å². The summed E-state index contributed by atoms with van der Waals surface area (Å²) in [6, 6.07) is 0.540. The molecule has 1 saturated carbocycles. The number of carbonyl (C=O) groups is 1. The third kappa shape index (κ3) is 4.70. The van der Waals surface area contributed by atoms with Gasteiger partial charge >= 0.3 is 5.97 Å². The van der Waals surface area contributed by atoms with Gasteiger partial charge in [0.2, 0.25) is 0 Å². The fourth-order valence-corrected chi connectivity index (χ4v) is 3.92. The van der Waals surface area contributed by atoms with Crippen molar-refractivity contribution < 1.29 is 9.53 Å². The van der Waals surface area contributed by atoms with Crippen LogP contribution in [0.1, 0.15) is 51.6 Å². The van der Waals surface area contributed by atoms with Crippen LogP contribution < -0.4 is 5.32 Å². The summed E-state index contributed by atoms with van der Waals surface area (Å²) >= 11 is 1.64. The topological polar surface area (TPSA) is 51.2 Å². The summed E-state index contributed by atoms with van der Waals surface area (Å²) in [6.07, 6.45) is 6.27. The van der Waals surface area contributed by atoms with E-state index in [1.165, 1.54) is 32.8 Å². The molecule has 2 rings (SSSR count). The van der Waals surface area contributed by atoms with Gasteiger partial charge in [-0.2, -0.15) is 0 Å². The molecule has 1 aliphatic carbocycles. The molecule has 1 heterocycles. The molecule has 1 aliphatic rings. The first-order chi connectivity index (χ1) is 10.1. The van der Waals surface area contributed by atoms with E-state index in [0.717, 1.165) is 16.7 Å². The van der Waals surface area contributed by atoms with Crippen molar-refractivity contribution in [1.29, 1.82) is 0 Å². The van der Waals surface area contributed by atoms with E-state index in [1.807, 2.05) is 5.38 Å². The number of ether oxygens (including phenoxy) is 1. The molecule has 1 N–H and O–H groups in total. The highest BCUT2D eigenvalue weighted by atomic mass is 32.1. The maximum atomic E-state index is 11.2. The molecule has 1 aromatic heterocycles. The quantitative estimate of drug-likeness (QED) is 0.810. The Morgan fingerprint density at radius 1 is 1.48 bits per heavy atom. The molecule has 2 unspecified atom stereocenters. The highest BCUT2D eigenvalue weighted by Crippen LogP contribution is 2.33. The molecule has 0 spiro atoms. The van der Waals surface area contributed by atoms with Crippen LogP contribution in [0.3, 0.4) is 0 Å². The van der Waals surface area contributed by atoms with Crippen molar-refractivity contribution in [3.63, 3.8) is 0 Å². The van der Waals surface area contributed by atoms with E-state index >= 15 is 0 Å². The Labute approximate surface area is 131 Å². The lowest BCUT2D eigenvalue weighted by atomic mass is 9.78. The number of rotatable bonds is 6. The second-order valence-corrected chi connectivity index (χ2v) is 7.02. The maximum absolute atomic E-state index is 11.2. The first-order valence-corrected chi connectivity index (χ1v) is 8.76. The van der Waals surface area contributed by atoms with E-state index in [-0.39, 0.29) is 5.97 Å². The van der Waals surface area contributed by atoms with E-state index in [1.54, 1.807) is 11.3 Å². The molecule has 2 atom stereocenters. The summed E-state index contributed by atoms with van der Waals surface area (Å²) in [6.45, 7) is 4.63. The predicted octanol–water partition coefficient (Wildman–Crippen LogP) is 3.88. The number of aryl methyl sites for hydroxylation is 1. The smallest absolute Gasteiger partial charge is 0.305 e. The Kier molecular flexibility index (Phi) is 6.03. The van der Waals surface area contributed by atoms with Crippen LogP contribution >= 0.6 is 11.3 Å². The fourth-order valence-electron chi connectivity index (χ4n) is 3.12. The number of aromatic nitrogens is 1. The minimum atomic E-state index is -0.176. The van der Waals surface area contributed by atoms with Gasteiger partial charge in [-0.25, -0.2) is 4.98 Å². The van der Waals surface area contributed by atoms with Crippen LogP contribution in [0.4, 0.5) is 5.13 Å². The third-order valence-corrected chi connectivity index (χ3v) is 5.17. The Balaban J connectivity index is 1.90. The molecule has 118 valence electrons. The lowest BCUT2D eigenvalue weighted by molar-refractivity contribution is -0.140. The maximum Gasteiger partial charge on any atom is 0.305 e. The molecule has 0 aliphatic heterocycles. The van der Waals surface area contributed by atoms with Gasteiger partial charge in [0, 0.05) is 17.8 Å². The van der Waals surface area contributed by atoms with Crippen LogP contribution in [0.5, 0.6) is 0 Å². The Hall–Kier alpha value is -1.10. The van der Waals surface area contributed by atoms with Gasteiger partial charge in [0.1, 0.15) is 0 Å². The molecule has 5 heteroatoms. The minimum absolute atomic E-state index is 0.176. The average Bonchev–Trinajstić information content (AvgIpc) is 2.92. The van der Waals surface area contributed by atoms with E-state index in [2.05, 4.69) is 28.9 Å². The normalized spacial score (nSPS) is 22.3. The number of hydrogen-bond donors (Lipinski definition) is 1. The highest BCUT2D eigenvalue weighted by molar-refractivity contribution is 7.13. The van der Waals surface area contributed by atoms with Gasteiger partial charge in [-0.15, -0.1) is 11.3 Å². The second-order valence-electron chi connectivity index (χ2n) is 6.16. The number of esters is 1. The monoisotopic (exact) mass is 310 g/mol. The van der Waals surface area contributed by atoms with Crippen LogP contribution in [0.25, 0.3) is 0 Å². The standard InChI is InChI=1S/C16H26N2O2S/c1-11(2)13-6-4-5-7-14(13)18-16-17-12(10-21-16)8-9-15(19)20-3/h10-11,13-14H,4-9H2,1-3H3,(H,17,18). The molecular weight excluding hydrogens is 284 g/mol. The van der Waals surface area contributed by atoms with Crippen molar-refractivity contribution >= 4 is 22.4 Å². The van der Waals surface area contributed by atoms with Crippen molar-refractivity contribution in [2.75, 3.05) is 12.4 Å². The summed E-state index contributed by atoms with van der Waals surface area (Å²) in [5.41, 5.74) is 0.977. The predicted molar refractivity (Wildman–Crippen MR) is 86.7 cm³/mol. The first kappa shape index (κ1) is 16.3. The van der Waals surface area contributed by atoms with Crippen molar-refractivity contribution in [2.45, 2.75) is 58.4 Å². The van der Waals surface area contributed by atoms with E-state index < -0.39 is 0 Å². The van der Waals surface area contributed by atoms with E-state index in [0.29, 0.717) is 24.8 Å². The fraction of sp³-hybridized carbons (Fsp3) is 0.750. The van der Waals surface area contributed by atoms with Gasteiger partial charge in [-0.05, 0) is 24.7 Å². The van der Waals surface area contributed by atoms with Crippen LogP contribution in [-0.4, -0.2) is 24.1 Å². The third-order valence-electron chi connectivity index (χ3n) is 4.35. The Morgan fingerprint density at radius 3 is 2.95 bits per heavy atom. The van der Waals surface area contributed by atoms with Gasteiger partial charge in [0.05, 0.1) is 19.2 Å². The number of nitrogens with one attached hydrogen (secondary N) is 1. The van der Waals surface area contributed by atoms with E-state index in [9.17, 15) is 4.79 Å². The van der Waals surface area contributed by atoms with Crippen molar-refractivity contribution in [3.8, 4) is 0 Å². The SMILES string of the molecule is COC(=O)CCc1csc(NC2CCCCC2C(C)C)n1. The first-order valence-electron chi connectivity index (χ1n) is 7.88. The molecule has 4 nitrogen and oxygen atoms in total. The average molecular weight is 310 g/mol. The van der Waals surface area contributed by atoms with E-state index in [4.69, 9.17) is 0 Å². The number of anilines is 1. The second kappa shape index (κ2) is 7.78. The molecule has 0 radical (unpaired) electrons.